The molecule has 0 aromatic heterocycles. The van der Waals surface area contributed by atoms with Gasteiger partial charge in [-0.3, -0.25) is 0 Å². The Morgan fingerprint density at radius 2 is 1.65 bits per heavy atom. The van der Waals surface area contributed by atoms with Crippen LogP contribution in [0, 0.1) is 11.3 Å². The van der Waals surface area contributed by atoms with Crippen LogP contribution in [-0.4, -0.2) is 17.5 Å². The van der Waals surface area contributed by atoms with Crippen molar-refractivity contribution in [2.45, 2.75) is 73.8 Å². The van der Waals surface area contributed by atoms with Gasteiger partial charge in [0.15, 0.2) is 0 Å². The van der Waals surface area contributed by atoms with E-state index in [-0.39, 0.29) is 5.54 Å². The lowest BCUT2D eigenvalue weighted by molar-refractivity contribution is 0.201. The summed E-state index contributed by atoms with van der Waals surface area (Å²) in [5, 5.41) is 0. The van der Waals surface area contributed by atoms with Gasteiger partial charge < -0.3 is 4.90 Å². The molecule has 1 atom stereocenters. The van der Waals surface area contributed by atoms with Crippen molar-refractivity contribution in [3.8, 4) is 0 Å². The van der Waals surface area contributed by atoms with Crippen LogP contribution in [-0.2, 0) is 0 Å². The predicted molar refractivity (Wildman–Crippen MR) is 79.1 cm³/mol. The van der Waals surface area contributed by atoms with Gasteiger partial charge in [-0.25, -0.2) is 0 Å². The molecule has 0 N–H and O–H groups in total. The summed E-state index contributed by atoms with van der Waals surface area (Å²) in [6.45, 7) is 18.4. The van der Waals surface area contributed by atoms with E-state index in [1.165, 1.54) is 18.4 Å². The Kier molecular flexibility index (Phi) is 5.77. The summed E-state index contributed by atoms with van der Waals surface area (Å²) in [6, 6.07) is 0. The van der Waals surface area contributed by atoms with E-state index in [2.05, 4.69) is 73.5 Å². The molecule has 0 bridgehead atoms. The number of hydrogen-bond acceptors (Lipinski definition) is 1. The zero-order chi connectivity index (χ0) is 13.9. The molecule has 0 fully saturated rings. The summed E-state index contributed by atoms with van der Waals surface area (Å²) in [7, 11) is 2.20. The molecule has 0 aliphatic rings. The Balaban J connectivity index is 4.80. The minimum absolute atomic E-state index is 0.258. The van der Waals surface area contributed by atoms with Crippen molar-refractivity contribution in [2.24, 2.45) is 11.3 Å². The smallest absolute Gasteiger partial charge is 0.0337 e. The van der Waals surface area contributed by atoms with Crippen LogP contribution in [0.1, 0.15) is 68.2 Å². The monoisotopic (exact) mass is 239 g/mol. The lowest BCUT2D eigenvalue weighted by Crippen LogP contribution is -2.37. The second-order valence-corrected chi connectivity index (χ2v) is 7.13. The molecule has 1 nitrogen and oxygen atoms in total. The zero-order valence-corrected chi connectivity index (χ0v) is 13.5. The molecule has 0 spiro atoms. The molecule has 0 rings (SSSR count). The number of rotatable bonds is 5. The summed E-state index contributed by atoms with van der Waals surface area (Å²) in [5.41, 5.74) is 2.08. The largest absolute Gasteiger partial charge is 0.375 e. The summed E-state index contributed by atoms with van der Waals surface area (Å²) >= 11 is 0. The van der Waals surface area contributed by atoms with Crippen LogP contribution >= 0.6 is 0 Å². The second-order valence-electron chi connectivity index (χ2n) is 7.13. The van der Waals surface area contributed by atoms with Gasteiger partial charge in [0, 0.05) is 12.6 Å². The maximum absolute atomic E-state index is 2.38. The number of allylic oxidation sites excluding steroid dienone is 1. The molecule has 0 radical (unpaired) electrons. The molecular weight excluding hydrogens is 206 g/mol. The molecular formula is C16H33N. The highest BCUT2D eigenvalue weighted by Gasteiger charge is 2.24. The Labute approximate surface area is 109 Å². The first kappa shape index (κ1) is 16.5. The van der Waals surface area contributed by atoms with Gasteiger partial charge >= 0.3 is 0 Å². The molecule has 0 aromatic rings. The maximum Gasteiger partial charge on any atom is 0.0337 e. The molecule has 17 heavy (non-hydrogen) atoms. The van der Waals surface area contributed by atoms with E-state index in [1.807, 2.05) is 0 Å². The quantitative estimate of drug-likeness (QED) is 0.646. The van der Waals surface area contributed by atoms with E-state index in [9.17, 15) is 0 Å². The summed E-state index contributed by atoms with van der Waals surface area (Å²) < 4.78 is 0. The zero-order valence-electron chi connectivity index (χ0n) is 13.5. The normalized spacial score (nSPS) is 15.9. The Morgan fingerprint density at radius 1 is 1.18 bits per heavy atom. The van der Waals surface area contributed by atoms with Crippen LogP contribution in [0.15, 0.2) is 11.8 Å². The minimum Gasteiger partial charge on any atom is -0.375 e. The SMILES string of the molecule is CCCC(C)(C)N(C)/C=C(\C)C(C)C(C)(C)C. The van der Waals surface area contributed by atoms with Gasteiger partial charge in [0.05, 0.1) is 0 Å². The van der Waals surface area contributed by atoms with E-state index in [0.717, 1.165) is 0 Å². The van der Waals surface area contributed by atoms with Crippen molar-refractivity contribution < 1.29 is 0 Å². The van der Waals surface area contributed by atoms with E-state index in [4.69, 9.17) is 0 Å². The predicted octanol–water partition coefficient (Wildman–Crippen LogP) is 5.08. The first-order valence-electron chi connectivity index (χ1n) is 6.93. The molecule has 0 heterocycles. The van der Waals surface area contributed by atoms with E-state index in [1.54, 1.807) is 0 Å². The van der Waals surface area contributed by atoms with Crippen molar-refractivity contribution in [3.63, 3.8) is 0 Å². The Bertz CT molecular complexity index is 255. The van der Waals surface area contributed by atoms with E-state index < -0.39 is 0 Å². The maximum atomic E-state index is 2.38. The van der Waals surface area contributed by atoms with Gasteiger partial charge in [0.25, 0.3) is 0 Å². The average molecular weight is 239 g/mol. The first-order chi connectivity index (χ1) is 7.52. The summed E-state index contributed by atoms with van der Waals surface area (Å²) in [6.07, 6.45) is 4.81. The fourth-order valence-corrected chi connectivity index (χ4v) is 2.06. The molecule has 0 aliphatic carbocycles. The second kappa shape index (κ2) is 5.93. The topological polar surface area (TPSA) is 3.24 Å². The summed E-state index contributed by atoms with van der Waals surface area (Å²) in [4.78, 5) is 2.38. The average Bonchev–Trinajstić information content (AvgIpc) is 2.14. The highest BCUT2D eigenvalue weighted by Crippen LogP contribution is 2.32. The fraction of sp³-hybridized carbons (Fsp3) is 0.875. The van der Waals surface area contributed by atoms with Gasteiger partial charge in [-0.1, -0.05) is 46.6 Å². The van der Waals surface area contributed by atoms with Gasteiger partial charge in [-0.2, -0.15) is 0 Å². The molecule has 102 valence electrons. The number of nitrogens with zero attached hydrogens (tertiary/aromatic N) is 1. The Morgan fingerprint density at radius 3 is 2.00 bits per heavy atom. The van der Waals surface area contributed by atoms with Crippen molar-refractivity contribution >= 4 is 0 Å². The van der Waals surface area contributed by atoms with Crippen molar-refractivity contribution in [3.05, 3.63) is 11.8 Å². The van der Waals surface area contributed by atoms with Crippen LogP contribution in [0.2, 0.25) is 0 Å². The lowest BCUT2D eigenvalue weighted by atomic mass is 9.78. The van der Waals surface area contributed by atoms with E-state index in [0.29, 0.717) is 11.3 Å². The molecule has 1 unspecified atom stereocenters. The van der Waals surface area contributed by atoms with Crippen molar-refractivity contribution in [1.82, 2.24) is 4.90 Å². The van der Waals surface area contributed by atoms with Crippen molar-refractivity contribution in [1.29, 1.82) is 0 Å². The third kappa shape index (κ3) is 5.14. The summed E-state index contributed by atoms with van der Waals surface area (Å²) in [5.74, 6) is 0.613. The van der Waals surface area contributed by atoms with E-state index >= 15 is 0 Å². The molecule has 1 heteroatoms. The minimum atomic E-state index is 0.258. The molecule has 0 aliphatic heterocycles. The van der Waals surface area contributed by atoms with Crippen LogP contribution in [0.3, 0.4) is 0 Å². The fourth-order valence-electron chi connectivity index (χ4n) is 2.06. The van der Waals surface area contributed by atoms with Crippen LogP contribution in [0.4, 0.5) is 0 Å². The molecule has 0 aromatic carbocycles. The van der Waals surface area contributed by atoms with Crippen LogP contribution in [0.5, 0.6) is 0 Å². The highest BCUT2D eigenvalue weighted by atomic mass is 15.1. The van der Waals surface area contributed by atoms with Crippen LogP contribution in [0.25, 0.3) is 0 Å². The van der Waals surface area contributed by atoms with Gasteiger partial charge in [0.1, 0.15) is 0 Å². The lowest BCUT2D eigenvalue weighted by Gasteiger charge is -2.37. The highest BCUT2D eigenvalue weighted by molar-refractivity contribution is 5.06. The van der Waals surface area contributed by atoms with Crippen molar-refractivity contribution in [2.75, 3.05) is 7.05 Å². The first-order valence-corrected chi connectivity index (χ1v) is 6.93. The van der Waals surface area contributed by atoms with Gasteiger partial charge in [-0.05, 0) is 44.7 Å². The van der Waals surface area contributed by atoms with Crippen LogP contribution < -0.4 is 0 Å². The standard InChI is InChI=1S/C16H33N/c1-10-11-16(7,8)17(9)12-13(2)14(3)15(4,5)6/h12,14H,10-11H2,1-9H3/b13-12+. The molecule has 0 saturated carbocycles. The third-order valence-corrected chi connectivity index (χ3v) is 4.20. The van der Waals surface area contributed by atoms with Gasteiger partial charge in [-0.15, -0.1) is 0 Å². The Hall–Kier alpha value is -0.460. The van der Waals surface area contributed by atoms with Gasteiger partial charge in [0.2, 0.25) is 0 Å². The molecule has 0 amide bonds. The third-order valence-electron chi connectivity index (χ3n) is 4.20. The molecule has 0 saturated heterocycles. The number of hydrogen-bond donors (Lipinski definition) is 0.